The van der Waals surface area contributed by atoms with E-state index in [9.17, 15) is 14.0 Å². The van der Waals surface area contributed by atoms with Gasteiger partial charge < -0.3 is 15.0 Å². The number of hydrogen-bond acceptors (Lipinski definition) is 3. The molecule has 6 heteroatoms. The molecule has 0 aliphatic carbocycles. The average molecular weight is 413 g/mol. The summed E-state index contributed by atoms with van der Waals surface area (Å²) in [6.45, 7) is 4.48. The van der Waals surface area contributed by atoms with Crippen LogP contribution in [0.15, 0.2) is 42.5 Å². The number of nitrogens with zero attached hydrogens (tertiary/aromatic N) is 1. The van der Waals surface area contributed by atoms with E-state index in [0.717, 1.165) is 24.0 Å². The molecule has 0 bridgehead atoms. The van der Waals surface area contributed by atoms with Crippen LogP contribution in [0.5, 0.6) is 5.75 Å². The molecule has 30 heavy (non-hydrogen) atoms. The van der Waals surface area contributed by atoms with Crippen molar-refractivity contribution in [2.45, 2.75) is 45.6 Å². The lowest BCUT2D eigenvalue weighted by atomic mass is 9.83. The summed E-state index contributed by atoms with van der Waals surface area (Å²) >= 11 is 0. The normalized spacial score (nSPS) is 18.9. The van der Waals surface area contributed by atoms with Crippen molar-refractivity contribution in [2.24, 2.45) is 5.92 Å². The summed E-state index contributed by atoms with van der Waals surface area (Å²) < 4.78 is 19.3. The Labute approximate surface area is 177 Å². The molecule has 2 amide bonds. The van der Waals surface area contributed by atoms with Gasteiger partial charge in [0.25, 0.3) is 0 Å². The zero-order valence-electron chi connectivity index (χ0n) is 17.8. The zero-order valence-corrected chi connectivity index (χ0v) is 17.8. The Kier molecular flexibility index (Phi) is 7.08. The smallest absolute Gasteiger partial charge is 0.229 e. The van der Waals surface area contributed by atoms with E-state index in [2.05, 4.69) is 12.2 Å². The first-order valence-electron chi connectivity index (χ1n) is 10.5. The second kappa shape index (κ2) is 9.74. The molecule has 0 aromatic heterocycles. The van der Waals surface area contributed by atoms with Gasteiger partial charge in [0.1, 0.15) is 11.6 Å². The Morgan fingerprint density at radius 3 is 2.77 bits per heavy atom. The molecule has 1 saturated heterocycles. The van der Waals surface area contributed by atoms with E-state index in [1.165, 1.54) is 12.1 Å². The second-order valence-corrected chi connectivity index (χ2v) is 7.72. The Bertz CT molecular complexity index is 915. The summed E-state index contributed by atoms with van der Waals surface area (Å²) in [5.41, 5.74) is 2.06. The van der Waals surface area contributed by atoms with E-state index >= 15 is 0 Å². The van der Waals surface area contributed by atoms with Crippen molar-refractivity contribution in [3.05, 3.63) is 59.4 Å². The van der Waals surface area contributed by atoms with Crippen LogP contribution in [0.2, 0.25) is 0 Å². The molecule has 5 nitrogen and oxygen atoms in total. The number of para-hydroxylation sites is 1. The van der Waals surface area contributed by atoms with Crippen molar-refractivity contribution < 1.29 is 18.7 Å². The van der Waals surface area contributed by atoms with Crippen LogP contribution in [0, 0.1) is 18.7 Å². The van der Waals surface area contributed by atoms with Gasteiger partial charge in [-0.2, -0.15) is 0 Å². The molecular weight excluding hydrogens is 383 g/mol. The summed E-state index contributed by atoms with van der Waals surface area (Å²) in [5, 5.41) is 2.89. The number of likely N-dealkylation sites (tertiary alicyclic amines) is 1. The van der Waals surface area contributed by atoms with Crippen LogP contribution in [0.1, 0.15) is 49.8 Å². The number of hydrogen-bond donors (Lipinski definition) is 1. The molecule has 1 N–H and O–H groups in total. The van der Waals surface area contributed by atoms with E-state index in [1.54, 1.807) is 13.2 Å². The summed E-state index contributed by atoms with van der Waals surface area (Å²) in [6, 6.07) is 11.4. The van der Waals surface area contributed by atoms with Crippen LogP contribution in [0.3, 0.4) is 0 Å². The molecule has 0 unspecified atom stereocenters. The van der Waals surface area contributed by atoms with Gasteiger partial charge in [0.05, 0.1) is 19.1 Å². The number of carbonyl (C=O) groups excluding carboxylic acids is 2. The Hall–Kier alpha value is -2.89. The minimum atomic E-state index is -0.460. The Balaban J connectivity index is 1.98. The fourth-order valence-corrected chi connectivity index (χ4v) is 4.07. The molecule has 2 aromatic rings. The third kappa shape index (κ3) is 4.64. The highest BCUT2D eigenvalue weighted by Crippen LogP contribution is 2.41. The molecule has 3 rings (SSSR count). The molecule has 0 saturated carbocycles. The highest BCUT2D eigenvalue weighted by atomic mass is 19.1. The molecule has 1 aliphatic rings. The highest BCUT2D eigenvalue weighted by Gasteiger charge is 2.41. The minimum absolute atomic E-state index is 0.0466. The van der Waals surface area contributed by atoms with Gasteiger partial charge in [-0.3, -0.25) is 9.59 Å². The van der Waals surface area contributed by atoms with Gasteiger partial charge >= 0.3 is 0 Å². The standard InChI is InChI=1S/C24H29FN2O3/c1-4-5-14-27-22(28)13-12-19(23(27)18-8-6-7-9-21(18)30-3)24(29)26-20-15-17(25)11-10-16(20)2/h6-11,15,19,23H,4-5,12-14H2,1-3H3,(H,26,29)/t19-,23+/m0/s1. The first-order valence-corrected chi connectivity index (χ1v) is 10.5. The topological polar surface area (TPSA) is 58.6 Å². The van der Waals surface area contributed by atoms with Crippen molar-refractivity contribution in [1.82, 2.24) is 4.90 Å². The van der Waals surface area contributed by atoms with E-state index in [1.807, 2.05) is 36.1 Å². The van der Waals surface area contributed by atoms with Crippen LogP contribution in [-0.2, 0) is 9.59 Å². The number of nitrogens with one attached hydrogen (secondary N) is 1. The molecule has 2 atom stereocenters. The van der Waals surface area contributed by atoms with E-state index in [0.29, 0.717) is 30.8 Å². The van der Waals surface area contributed by atoms with Crippen LogP contribution < -0.4 is 10.1 Å². The number of amides is 2. The van der Waals surface area contributed by atoms with Crippen LogP contribution in [-0.4, -0.2) is 30.4 Å². The Morgan fingerprint density at radius 1 is 1.27 bits per heavy atom. The fourth-order valence-electron chi connectivity index (χ4n) is 4.07. The molecule has 0 radical (unpaired) electrons. The second-order valence-electron chi connectivity index (χ2n) is 7.72. The summed E-state index contributed by atoms with van der Waals surface area (Å²) in [4.78, 5) is 28.0. The first-order chi connectivity index (χ1) is 14.5. The maximum atomic E-state index is 13.7. The Morgan fingerprint density at radius 2 is 2.03 bits per heavy atom. The number of carbonyl (C=O) groups is 2. The lowest BCUT2D eigenvalue weighted by molar-refractivity contribution is -0.142. The third-order valence-electron chi connectivity index (χ3n) is 5.71. The number of unbranched alkanes of at least 4 members (excludes halogenated alkanes) is 1. The fraction of sp³-hybridized carbons (Fsp3) is 0.417. The third-order valence-corrected chi connectivity index (χ3v) is 5.71. The van der Waals surface area contributed by atoms with Crippen LogP contribution in [0.4, 0.5) is 10.1 Å². The number of benzene rings is 2. The number of aryl methyl sites for hydroxylation is 1. The number of methoxy groups -OCH3 is 1. The van der Waals surface area contributed by atoms with Crippen LogP contribution in [0.25, 0.3) is 0 Å². The number of ether oxygens (including phenoxy) is 1. The van der Waals surface area contributed by atoms with Crippen molar-refractivity contribution in [2.75, 3.05) is 19.0 Å². The summed E-state index contributed by atoms with van der Waals surface area (Å²) in [5.74, 6) is -0.378. The van der Waals surface area contributed by atoms with Gasteiger partial charge in [-0.05, 0) is 43.5 Å². The maximum absolute atomic E-state index is 13.7. The monoisotopic (exact) mass is 412 g/mol. The lowest BCUT2D eigenvalue weighted by Gasteiger charge is -2.41. The molecule has 1 fully saturated rings. The maximum Gasteiger partial charge on any atom is 0.229 e. The van der Waals surface area contributed by atoms with Gasteiger partial charge in [0, 0.05) is 24.2 Å². The first kappa shape index (κ1) is 21.8. The number of rotatable bonds is 7. The molecule has 0 spiro atoms. The van der Waals surface area contributed by atoms with Gasteiger partial charge in [0.15, 0.2) is 0 Å². The van der Waals surface area contributed by atoms with E-state index in [4.69, 9.17) is 4.74 Å². The number of halogens is 1. The predicted molar refractivity (Wildman–Crippen MR) is 115 cm³/mol. The van der Waals surface area contributed by atoms with E-state index in [-0.39, 0.29) is 11.8 Å². The van der Waals surface area contributed by atoms with Gasteiger partial charge in [-0.25, -0.2) is 4.39 Å². The SMILES string of the molecule is CCCCN1C(=O)CC[C@H](C(=O)Nc2cc(F)ccc2C)[C@H]1c1ccccc1OC. The minimum Gasteiger partial charge on any atom is -0.496 e. The van der Waals surface area contributed by atoms with Gasteiger partial charge in [-0.1, -0.05) is 37.6 Å². The number of anilines is 1. The predicted octanol–water partition coefficient (Wildman–Crippen LogP) is 4.86. The zero-order chi connectivity index (χ0) is 21.7. The van der Waals surface area contributed by atoms with Gasteiger partial charge in [-0.15, -0.1) is 0 Å². The average Bonchev–Trinajstić information content (AvgIpc) is 2.75. The highest BCUT2D eigenvalue weighted by molar-refractivity contribution is 5.95. The lowest BCUT2D eigenvalue weighted by Crippen LogP contribution is -2.47. The van der Waals surface area contributed by atoms with Crippen molar-refractivity contribution in [3.63, 3.8) is 0 Å². The number of piperidine rings is 1. The van der Waals surface area contributed by atoms with Gasteiger partial charge in [0.2, 0.25) is 11.8 Å². The molecule has 2 aromatic carbocycles. The molecular formula is C24H29FN2O3. The van der Waals surface area contributed by atoms with Crippen molar-refractivity contribution in [3.8, 4) is 5.75 Å². The molecule has 160 valence electrons. The largest absolute Gasteiger partial charge is 0.496 e. The van der Waals surface area contributed by atoms with E-state index < -0.39 is 17.8 Å². The van der Waals surface area contributed by atoms with Crippen molar-refractivity contribution >= 4 is 17.5 Å². The summed E-state index contributed by atoms with van der Waals surface area (Å²) in [6.07, 6.45) is 2.55. The van der Waals surface area contributed by atoms with Crippen LogP contribution >= 0.6 is 0 Å². The quantitative estimate of drug-likeness (QED) is 0.706. The molecule has 1 aliphatic heterocycles. The van der Waals surface area contributed by atoms with Crippen molar-refractivity contribution in [1.29, 1.82) is 0 Å². The summed E-state index contributed by atoms with van der Waals surface area (Å²) in [7, 11) is 1.59. The molecule has 1 heterocycles.